The van der Waals surface area contributed by atoms with Crippen LogP contribution in [0.3, 0.4) is 0 Å². The fourth-order valence-electron chi connectivity index (χ4n) is 5.49. The summed E-state index contributed by atoms with van der Waals surface area (Å²) in [5.41, 5.74) is 4.52. The summed E-state index contributed by atoms with van der Waals surface area (Å²) in [4.78, 5) is 47.0. The van der Waals surface area contributed by atoms with Crippen LogP contribution in [0.1, 0.15) is 51.3 Å². The molecule has 11 heteroatoms. The molecule has 4 rings (SSSR count). The third-order valence-corrected chi connectivity index (χ3v) is 7.71. The maximum absolute atomic E-state index is 14.6. The SMILES string of the molecule is CCOC(CN(Cc1cccc2ccccc12)C(=O)C(Cc1ccc(OC(C)(C)C)cc1)NC(=O)CONC(=O)NCc1ccccc1)OCC. The number of carbonyl (C=O) groups is 3. The molecule has 0 spiro atoms. The Bertz CT molecular complexity index is 1680. The molecule has 4 aromatic carbocycles. The molecule has 0 fully saturated rings. The number of urea groups is 1. The second-order valence-electron chi connectivity index (χ2n) is 12.9. The van der Waals surface area contributed by atoms with Crippen LogP contribution in [0.15, 0.2) is 97.1 Å². The lowest BCUT2D eigenvalue weighted by Crippen LogP contribution is -2.52. The molecular weight excluding hydrogens is 648 g/mol. The van der Waals surface area contributed by atoms with Crippen LogP contribution in [0.25, 0.3) is 10.8 Å². The molecule has 0 aliphatic carbocycles. The van der Waals surface area contributed by atoms with Crippen molar-refractivity contribution in [3.8, 4) is 5.75 Å². The fraction of sp³-hybridized carbons (Fsp3) is 0.375. The molecular formula is C40H50N4O7. The first-order chi connectivity index (χ1) is 24.5. The van der Waals surface area contributed by atoms with Crippen LogP contribution >= 0.6 is 0 Å². The Kier molecular flexibility index (Phi) is 14.8. The molecule has 4 amide bonds. The van der Waals surface area contributed by atoms with Crippen molar-refractivity contribution in [3.05, 3.63) is 114 Å². The van der Waals surface area contributed by atoms with Crippen LogP contribution in [-0.2, 0) is 43.4 Å². The van der Waals surface area contributed by atoms with Gasteiger partial charge >= 0.3 is 6.03 Å². The zero-order valence-electron chi connectivity index (χ0n) is 30.1. The Labute approximate surface area is 300 Å². The van der Waals surface area contributed by atoms with Gasteiger partial charge in [-0.1, -0.05) is 84.9 Å². The molecule has 0 saturated carbocycles. The van der Waals surface area contributed by atoms with Crippen LogP contribution in [0.2, 0.25) is 0 Å². The van der Waals surface area contributed by atoms with E-state index in [4.69, 9.17) is 19.0 Å². The number of hydrogen-bond acceptors (Lipinski definition) is 7. The second-order valence-corrected chi connectivity index (χ2v) is 12.9. The summed E-state index contributed by atoms with van der Waals surface area (Å²) in [6.07, 6.45) is -0.489. The van der Waals surface area contributed by atoms with Gasteiger partial charge in [-0.05, 0) is 74.2 Å². The van der Waals surface area contributed by atoms with E-state index in [0.29, 0.717) is 19.0 Å². The fourth-order valence-corrected chi connectivity index (χ4v) is 5.49. The minimum atomic E-state index is -0.985. The summed E-state index contributed by atoms with van der Waals surface area (Å²) < 4.78 is 17.7. The molecule has 4 aromatic rings. The molecule has 11 nitrogen and oxygen atoms in total. The van der Waals surface area contributed by atoms with E-state index in [0.717, 1.165) is 27.5 Å². The zero-order chi connectivity index (χ0) is 36.6. The number of hydrogen-bond donors (Lipinski definition) is 3. The van der Waals surface area contributed by atoms with Crippen molar-refractivity contribution in [2.45, 2.75) is 72.1 Å². The normalized spacial score (nSPS) is 12.0. The van der Waals surface area contributed by atoms with Gasteiger partial charge in [-0.2, -0.15) is 0 Å². The van der Waals surface area contributed by atoms with Gasteiger partial charge in [0, 0.05) is 32.7 Å². The van der Waals surface area contributed by atoms with Crippen molar-refractivity contribution in [2.24, 2.45) is 0 Å². The van der Waals surface area contributed by atoms with Gasteiger partial charge in [-0.15, -0.1) is 0 Å². The van der Waals surface area contributed by atoms with Crippen molar-refractivity contribution in [2.75, 3.05) is 26.4 Å². The number of ether oxygens (including phenoxy) is 3. The smallest absolute Gasteiger partial charge is 0.338 e. The van der Waals surface area contributed by atoms with Crippen molar-refractivity contribution < 1.29 is 33.4 Å². The van der Waals surface area contributed by atoms with Crippen LogP contribution in [0.4, 0.5) is 4.79 Å². The highest BCUT2D eigenvalue weighted by Crippen LogP contribution is 2.23. The molecule has 3 N–H and O–H groups in total. The lowest BCUT2D eigenvalue weighted by Gasteiger charge is -2.31. The Hall–Kier alpha value is -4.97. The van der Waals surface area contributed by atoms with Gasteiger partial charge in [-0.25, -0.2) is 10.3 Å². The summed E-state index contributed by atoms with van der Waals surface area (Å²) in [6.45, 7) is 10.6. The van der Waals surface area contributed by atoms with E-state index in [1.54, 1.807) is 4.90 Å². The van der Waals surface area contributed by atoms with Crippen molar-refractivity contribution in [1.29, 1.82) is 0 Å². The van der Waals surface area contributed by atoms with E-state index >= 15 is 0 Å². The summed E-state index contributed by atoms with van der Waals surface area (Å²) in [5, 5.41) is 7.59. The number of nitrogens with one attached hydrogen (secondary N) is 3. The van der Waals surface area contributed by atoms with Gasteiger partial charge in [0.05, 0.1) is 6.54 Å². The Morgan fingerprint density at radius 2 is 1.45 bits per heavy atom. The summed E-state index contributed by atoms with van der Waals surface area (Å²) >= 11 is 0. The monoisotopic (exact) mass is 698 g/mol. The molecule has 0 aliphatic rings. The number of nitrogens with zero attached hydrogens (tertiary/aromatic N) is 1. The second kappa shape index (κ2) is 19.4. The Balaban J connectivity index is 1.54. The Morgan fingerprint density at radius 1 is 0.784 bits per heavy atom. The van der Waals surface area contributed by atoms with Gasteiger partial charge in [-0.3, -0.25) is 14.4 Å². The van der Waals surface area contributed by atoms with Crippen LogP contribution in [0.5, 0.6) is 5.75 Å². The number of hydroxylamine groups is 1. The Morgan fingerprint density at radius 3 is 2.14 bits per heavy atom. The number of benzene rings is 4. The number of amides is 4. The summed E-state index contributed by atoms with van der Waals surface area (Å²) in [7, 11) is 0. The van der Waals surface area contributed by atoms with Gasteiger partial charge in [0.2, 0.25) is 11.8 Å². The highest BCUT2D eigenvalue weighted by molar-refractivity contribution is 5.90. The van der Waals surface area contributed by atoms with Gasteiger partial charge < -0.3 is 29.7 Å². The van der Waals surface area contributed by atoms with Crippen LogP contribution in [0, 0.1) is 0 Å². The summed E-state index contributed by atoms with van der Waals surface area (Å²) in [5.74, 6) is -0.220. The first-order valence-corrected chi connectivity index (χ1v) is 17.3. The maximum atomic E-state index is 14.6. The molecule has 0 heterocycles. The average molecular weight is 699 g/mol. The number of fused-ring (bicyclic) bond motifs is 1. The lowest BCUT2D eigenvalue weighted by molar-refractivity contribution is -0.161. The van der Waals surface area contributed by atoms with Crippen LogP contribution in [-0.4, -0.2) is 67.0 Å². The molecule has 51 heavy (non-hydrogen) atoms. The molecule has 1 unspecified atom stereocenters. The first-order valence-electron chi connectivity index (χ1n) is 17.3. The standard InChI is InChI=1S/C40H50N4O7/c1-6-48-37(49-7-2)27-44(26-32-18-13-17-31-16-11-12-19-34(31)32)38(46)35(24-29-20-22-33(23-21-29)51-40(3,4)5)42-36(45)28-50-43-39(47)41-25-30-14-9-8-10-15-30/h8-23,35,37H,6-7,24-28H2,1-5H3,(H,42,45)(H2,41,43,47). The number of rotatable bonds is 18. The van der Waals surface area contributed by atoms with Crippen LogP contribution < -0.4 is 20.9 Å². The molecule has 0 radical (unpaired) electrons. The maximum Gasteiger partial charge on any atom is 0.338 e. The van der Waals surface area contributed by atoms with Gasteiger partial charge in [0.15, 0.2) is 12.9 Å². The zero-order valence-corrected chi connectivity index (χ0v) is 30.1. The molecule has 0 aliphatic heterocycles. The first kappa shape index (κ1) is 38.8. The lowest BCUT2D eigenvalue weighted by atomic mass is 10.0. The minimum Gasteiger partial charge on any atom is -0.488 e. The molecule has 272 valence electrons. The van der Waals surface area contributed by atoms with E-state index < -0.39 is 30.9 Å². The van der Waals surface area contributed by atoms with Gasteiger partial charge in [0.1, 0.15) is 17.4 Å². The largest absolute Gasteiger partial charge is 0.488 e. The van der Waals surface area contributed by atoms with E-state index in [2.05, 4.69) is 16.1 Å². The highest BCUT2D eigenvalue weighted by atomic mass is 16.7. The molecule has 1 atom stereocenters. The van der Waals surface area contributed by atoms with E-state index in [1.165, 1.54) is 0 Å². The predicted molar refractivity (Wildman–Crippen MR) is 197 cm³/mol. The minimum absolute atomic E-state index is 0.133. The third kappa shape index (κ3) is 13.0. The quantitative estimate of drug-likeness (QED) is 0.0872. The van der Waals surface area contributed by atoms with E-state index in [1.807, 2.05) is 132 Å². The van der Waals surface area contributed by atoms with Gasteiger partial charge in [0.25, 0.3) is 0 Å². The van der Waals surface area contributed by atoms with Crippen molar-refractivity contribution in [1.82, 2.24) is 21.0 Å². The summed E-state index contributed by atoms with van der Waals surface area (Å²) in [6, 6.07) is 29.2. The average Bonchev–Trinajstić information content (AvgIpc) is 3.11. The van der Waals surface area contributed by atoms with Crippen molar-refractivity contribution >= 4 is 28.6 Å². The predicted octanol–water partition coefficient (Wildman–Crippen LogP) is 5.90. The van der Waals surface area contributed by atoms with E-state index in [9.17, 15) is 14.4 Å². The molecule has 0 aromatic heterocycles. The highest BCUT2D eigenvalue weighted by Gasteiger charge is 2.29. The molecule has 0 saturated heterocycles. The van der Waals surface area contributed by atoms with E-state index in [-0.39, 0.29) is 37.6 Å². The topological polar surface area (TPSA) is 127 Å². The van der Waals surface area contributed by atoms with Crippen molar-refractivity contribution in [3.63, 3.8) is 0 Å². The molecule has 0 bridgehead atoms. The number of carbonyl (C=O) groups excluding carboxylic acids is 3. The third-order valence-electron chi connectivity index (χ3n) is 7.71.